The second-order valence-electron chi connectivity index (χ2n) is 4.87. The Balaban J connectivity index is 0.000001000. The molecular weight excluding hydrogens is 252 g/mol. The first-order valence-corrected chi connectivity index (χ1v) is 5.84. The SMILES string of the molecule is Cl.Nc1ccc2c(c1)cc1n2C2(CCC2)OC1=O. The van der Waals surface area contributed by atoms with Gasteiger partial charge in [-0.25, -0.2) is 4.79 Å². The summed E-state index contributed by atoms with van der Waals surface area (Å²) in [6, 6.07) is 7.61. The summed E-state index contributed by atoms with van der Waals surface area (Å²) in [4.78, 5) is 11.9. The van der Waals surface area contributed by atoms with E-state index in [4.69, 9.17) is 10.5 Å². The molecule has 4 rings (SSSR count). The van der Waals surface area contributed by atoms with Gasteiger partial charge >= 0.3 is 5.97 Å². The maximum Gasteiger partial charge on any atom is 0.357 e. The number of hydrogen-bond donors (Lipinski definition) is 1. The van der Waals surface area contributed by atoms with Crippen molar-refractivity contribution in [1.29, 1.82) is 0 Å². The summed E-state index contributed by atoms with van der Waals surface area (Å²) in [5.74, 6) is -0.209. The first kappa shape index (κ1) is 11.4. The van der Waals surface area contributed by atoms with Gasteiger partial charge in [-0.2, -0.15) is 0 Å². The fraction of sp³-hybridized carbons (Fsp3) is 0.308. The number of ether oxygens (including phenoxy) is 1. The van der Waals surface area contributed by atoms with E-state index in [1.54, 1.807) is 0 Å². The van der Waals surface area contributed by atoms with E-state index in [0.717, 1.165) is 35.9 Å². The van der Waals surface area contributed by atoms with Gasteiger partial charge in [0, 0.05) is 23.9 Å². The average Bonchev–Trinajstić information content (AvgIpc) is 2.73. The maximum atomic E-state index is 11.9. The molecule has 0 amide bonds. The molecule has 0 radical (unpaired) electrons. The fourth-order valence-corrected chi connectivity index (χ4v) is 2.90. The molecule has 5 heteroatoms. The molecule has 0 atom stereocenters. The molecule has 1 aliphatic carbocycles. The van der Waals surface area contributed by atoms with Crippen LogP contribution in [0.3, 0.4) is 0 Å². The standard InChI is InChI=1S/C13H12N2O2.ClH/c14-9-2-3-10-8(6-9)7-11-12(16)17-13(15(10)11)4-1-5-13;/h2-3,6-7H,1,4-5,14H2;1H. The summed E-state index contributed by atoms with van der Waals surface area (Å²) in [5, 5.41) is 1.02. The highest BCUT2D eigenvalue weighted by Gasteiger charge is 2.50. The summed E-state index contributed by atoms with van der Waals surface area (Å²) in [7, 11) is 0. The fourth-order valence-electron chi connectivity index (χ4n) is 2.90. The zero-order valence-electron chi connectivity index (χ0n) is 9.68. The molecule has 1 saturated carbocycles. The Kier molecular flexibility index (Phi) is 2.17. The second kappa shape index (κ2) is 3.42. The van der Waals surface area contributed by atoms with Gasteiger partial charge in [0.1, 0.15) is 5.69 Å². The van der Waals surface area contributed by atoms with Crippen molar-refractivity contribution in [3.05, 3.63) is 30.0 Å². The predicted molar refractivity (Wildman–Crippen MR) is 70.8 cm³/mol. The van der Waals surface area contributed by atoms with E-state index in [1.807, 2.05) is 28.8 Å². The lowest BCUT2D eigenvalue weighted by Gasteiger charge is -2.38. The Bertz CT molecular complexity index is 658. The lowest BCUT2D eigenvalue weighted by Crippen LogP contribution is -2.39. The highest BCUT2D eigenvalue weighted by molar-refractivity contribution is 5.98. The molecule has 4 nitrogen and oxygen atoms in total. The van der Waals surface area contributed by atoms with E-state index in [2.05, 4.69) is 0 Å². The van der Waals surface area contributed by atoms with Crippen LogP contribution >= 0.6 is 12.4 Å². The zero-order chi connectivity index (χ0) is 11.6. The van der Waals surface area contributed by atoms with Crippen molar-refractivity contribution in [1.82, 2.24) is 4.57 Å². The zero-order valence-corrected chi connectivity index (χ0v) is 10.5. The topological polar surface area (TPSA) is 57.2 Å². The van der Waals surface area contributed by atoms with Gasteiger partial charge < -0.3 is 10.5 Å². The van der Waals surface area contributed by atoms with Crippen LogP contribution in [0.25, 0.3) is 10.9 Å². The van der Waals surface area contributed by atoms with E-state index in [0.29, 0.717) is 5.69 Å². The van der Waals surface area contributed by atoms with Crippen molar-refractivity contribution in [2.24, 2.45) is 0 Å². The molecule has 94 valence electrons. The van der Waals surface area contributed by atoms with E-state index in [9.17, 15) is 4.79 Å². The molecule has 2 aliphatic rings. The highest BCUT2D eigenvalue weighted by atomic mass is 35.5. The van der Waals surface area contributed by atoms with Crippen molar-refractivity contribution in [2.45, 2.75) is 25.0 Å². The normalized spacial score (nSPS) is 19.2. The van der Waals surface area contributed by atoms with E-state index in [-0.39, 0.29) is 18.4 Å². The second-order valence-corrected chi connectivity index (χ2v) is 4.87. The molecule has 0 bridgehead atoms. The number of anilines is 1. The molecule has 2 heterocycles. The first-order valence-electron chi connectivity index (χ1n) is 5.84. The lowest BCUT2D eigenvalue weighted by molar-refractivity contribution is -0.0958. The van der Waals surface area contributed by atoms with Crippen LogP contribution in [0.1, 0.15) is 29.8 Å². The Morgan fingerprint density at radius 2 is 2.06 bits per heavy atom. The van der Waals surface area contributed by atoms with Gasteiger partial charge in [0.05, 0.1) is 5.52 Å². The summed E-state index contributed by atoms with van der Waals surface area (Å²) >= 11 is 0. The minimum Gasteiger partial charge on any atom is -0.434 e. The number of carbonyl (C=O) groups excluding carboxylic acids is 1. The Morgan fingerprint density at radius 1 is 1.28 bits per heavy atom. The van der Waals surface area contributed by atoms with Gasteiger partial charge in [-0.05, 0) is 30.7 Å². The molecule has 18 heavy (non-hydrogen) atoms. The van der Waals surface area contributed by atoms with E-state index < -0.39 is 5.72 Å². The molecule has 0 unspecified atom stereocenters. The molecule has 1 aromatic carbocycles. The minimum atomic E-state index is -0.399. The molecule has 1 aliphatic heterocycles. The third-order valence-electron chi connectivity index (χ3n) is 3.86. The number of nitrogen functional groups attached to an aromatic ring is 1. The average molecular weight is 265 g/mol. The summed E-state index contributed by atoms with van der Waals surface area (Å²) in [6.45, 7) is 0. The maximum absolute atomic E-state index is 11.9. The van der Waals surface area contributed by atoms with Crippen LogP contribution in [0.15, 0.2) is 24.3 Å². The largest absolute Gasteiger partial charge is 0.434 e. The van der Waals surface area contributed by atoms with Crippen molar-refractivity contribution in [2.75, 3.05) is 5.73 Å². The number of hydrogen-bond acceptors (Lipinski definition) is 3. The first-order chi connectivity index (χ1) is 8.20. The molecular formula is C13H13ClN2O2. The summed E-state index contributed by atoms with van der Waals surface area (Å²) < 4.78 is 7.58. The molecule has 1 aromatic heterocycles. The van der Waals surface area contributed by atoms with Crippen molar-refractivity contribution < 1.29 is 9.53 Å². The van der Waals surface area contributed by atoms with Gasteiger partial charge in [-0.15, -0.1) is 12.4 Å². The molecule has 2 N–H and O–H groups in total. The van der Waals surface area contributed by atoms with Crippen LogP contribution in [-0.2, 0) is 10.5 Å². The number of rotatable bonds is 0. The number of benzene rings is 1. The quantitative estimate of drug-likeness (QED) is 0.588. The van der Waals surface area contributed by atoms with Crippen LogP contribution in [0.4, 0.5) is 5.69 Å². The number of nitrogens with two attached hydrogens (primary N) is 1. The number of esters is 1. The van der Waals surface area contributed by atoms with Gasteiger partial charge in [0.2, 0.25) is 0 Å². The Labute approximate surface area is 110 Å². The van der Waals surface area contributed by atoms with Crippen molar-refractivity contribution in [3.8, 4) is 0 Å². The van der Waals surface area contributed by atoms with Crippen LogP contribution in [0.2, 0.25) is 0 Å². The van der Waals surface area contributed by atoms with Crippen LogP contribution in [0.5, 0.6) is 0 Å². The Morgan fingerprint density at radius 3 is 2.72 bits per heavy atom. The molecule has 2 aromatic rings. The number of fused-ring (bicyclic) bond motifs is 4. The van der Waals surface area contributed by atoms with Gasteiger partial charge in [-0.1, -0.05) is 0 Å². The Hall–Kier alpha value is -1.68. The van der Waals surface area contributed by atoms with Gasteiger partial charge in [-0.3, -0.25) is 4.57 Å². The lowest BCUT2D eigenvalue weighted by atomic mass is 9.88. The number of aromatic nitrogens is 1. The summed E-state index contributed by atoms with van der Waals surface area (Å²) in [6.07, 6.45) is 2.95. The minimum absolute atomic E-state index is 0. The van der Waals surface area contributed by atoms with Crippen LogP contribution < -0.4 is 5.73 Å². The van der Waals surface area contributed by atoms with Crippen molar-refractivity contribution in [3.63, 3.8) is 0 Å². The van der Waals surface area contributed by atoms with Gasteiger partial charge in [0.15, 0.2) is 5.72 Å². The highest BCUT2D eigenvalue weighted by Crippen LogP contribution is 2.48. The van der Waals surface area contributed by atoms with Crippen molar-refractivity contribution >= 4 is 35.0 Å². The molecule has 1 spiro atoms. The van der Waals surface area contributed by atoms with E-state index in [1.165, 1.54) is 0 Å². The number of carbonyl (C=O) groups is 1. The monoisotopic (exact) mass is 264 g/mol. The number of halogens is 1. The van der Waals surface area contributed by atoms with Crippen LogP contribution in [0, 0.1) is 0 Å². The van der Waals surface area contributed by atoms with Gasteiger partial charge in [0.25, 0.3) is 0 Å². The summed E-state index contributed by atoms with van der Waals surface area (Å²) in [5.41, 5.74) is 7.79. The van der Waals surface area contributed by atoms with Crippen LogP contribution in [-0.4, -0.2) is 10.5 Å². The molecule has 1 fully saturated rings. The predicted octanol–water partition coefficient (Wildman–Crippen LogP) is 2.65. The third kappa shape index (κ3) is 1.18. The smallest absolute Gasteiger partial charge is 0.357 e. The molecule has 0 saturated heterocycles. The van der Waals surface area contributed by atoms with E-state index >= 15 is 0 Å². The third-order valence-corrected chi connectivity index (χ3v) is 3.86. The number of nitrogens with zero attached hydrogens (tertiary/aromatic N) is 1.